The molecule has 4 rings (SSSR count). The van der Waals surface area contributed by atoms with E-state index in [1.807, 2.05) is 4.57 Å². The minimum absolute atomic E-state index is 0.0878. The number of nitrogens with zero attached hydrogens (tertiary/aromatic N) is 4. The Hall–Kier alpha value is -3.05. The normalized spacial score (nSPS) is 17.2. The molecule has 3 heterocycles. The Balaban J connectivity index is 1.70. The molecule has 1 aliphatic heterocycles. The van der Waals surface area contributed by atoms with E-state index in [0.29, 0.717) is 49.6 Å². The molecule has 0 bridgehead atoms. The van der Waals surface area contributed by atoms with Gasteiger partial charge in [0, 0.05) is 32.2 Å². The van der Waals surface area contributed by atoms with E-state index >= 15 is 0 Å². The number of carbonyl (C=O) groups excluding carboxylic acids is 1. The minimum atomic E-state index is -2.77. The van der Waals surface area contributed by atoms with Gasteiger partial charge in [-0.15, -0.1) is 0 Å². The highest BCUT2D eigenvalue weighted by molar-refractivity contribution is 5.92. The van der Waals surface area contributed by atoms with Gasteiger partial charge in [-0.3, -0.25) is 9.78 Å². The molecule has 3 aromatic rings. The van der Waals surface area contributed by atoms with E-state index in [0.717, 1.165) is 12.4 Å². The maximum absolute atomic E-state index is 13.8. The number of aromatic nitrogens is 4. The first-order valence-electron chi connectivity index (χ1n) is 10.1. The molecular weight excluding hydrogens is 427 g/mol. The summed E-state index contributed by atoms with van der Waals surface area (Å²) in [6.45, 7) is 1.77. The lowest BCUT2D eigenvalue weighted by atomic mass is 9.98. The predicted molar refractivity (Wildman–Crippen MR) is 108 cm³/mol. The number of ether oxygens (including phenoxy) is 2. The highest BCUT2D eigenvalue weighted by Crippen LogP contribution is 2.31. The number of fused-ring (bicyclic) bond motifs is 1. The number of benzene rings is 1. The molecule has 8 nitrogen and oxygen atoms in total. The first-order chi connectivity index (χ1) is 15.5. The molecule has 0 radical (unpaired) electrons. The number of amides is 1. The van der Waals surface area contributed by atoms with Gasteiger partial charge in [0.05, 0.1) is 42.7 Å². The second-order valence-electron chi connectivity index (χ2n) is 7.45. The van der Waals surface area contributed by atoms with Crippen molar-refractivity contribution in [2.24, 2.45) is 5.92 Å². The molecule has 1 amide bonds. The van der Waals surface area contributed by atoms with E-state index in [2.05, 4.69) is 20.3 Å². The number of methoxy groups -OCH3 is 1. The van der Waals surface area contributed by atoms with Crippen LogP contribution in [0, 0.1) is 11.7 Å². The van der Waals surface area contributed by atoms with Gasteiger partial charge in [0.15, 0.2) is 0 Å². The van der Waals surface area contributed by atoms with Gasteiger partial charge in [0.1, 0.15) is 23.0 Å². The van der Waals surface area contributed by atoms with Gasteiger partial charge >= 0.3 is 0 Å². The van der Waals surface area contributed by atoms with Crippen LogP contribution < -0.4 is 5.32 Å². The Bertz CT molecular complexity index is 1080. The van der Waals surface area contributed by atoms with Crippen LogP contribution in [0.1, 0.15) is 40.9 Å². The zero-order valence-electron chi connectivity index (χ0n) is 17.3. The third kappa shape index (κ3) is 4.58. The van der Waals surface area contributed by atoms with E-state index in [1.54, 1.807) is 13.2 Å². The molecule has 2 atom stereocenters. The SMILES string of the molecule is COCCn1c(C(NC(=O)c2cnc(C(F)F)cn2)C2CCOC2)nc2cc(F)ccc21. The third-order valence-corrected chi connectivity index (χ3v) is 5.39. The second kappa shape index (κ2) is 9.61. The Morgan fingerprint density at radius 2 is 2.19 bits per heavy atom. The monoisotopic (exact) mass is 449 g/mol. The fourth-order valence-electron chi connectivity index (χ4n) is 3.77. The predicted octanol–water partition coefficient (Wildman–Crippen LogP) is 3.06. The molecular formula is C21H22F3N5O3. The number of rotatable bonds is 8. The van der Waals surface area contributed by atoms with Crippen molar-refractivity contribution in [3.63, 3.8) is 0 Å². The average molecular weight is 449 g/mol. The zero-order valence-corrected chi connectivity index (χ0v) is 17.3. The van der Waals surface area contributed by atoms with Crippen LogP contribution >= 0.6 is 0 Å². The van der Waals surface area contributed by atoms with Crippen molar-refractivity contribution in [1.29, 1.82) is 0 Å². The van der Waals surface area contributed by atoms with Gasteiger partial charge in [-0.25, -0.2) is 23.1 Å². The second-order valence-corrected chi connectivity index (χ2v) is 7.45. The molecule has 1 aromatic carbocycles. The summed E-state index contributed by atoms with van der Waals surface area (Å²) in [6, 6.07) is 3.74. The van der Waals surface area contributed by atoms with E-state index in [9.17, 15) is 18.0 Å². The molecule has 170 valence electrons. The molecule has 1 aliphatic rings. The van der Waals surface area contributed by atoms with E-state index in [-0.39, 0.29) is 11.6 Å². The molecule has 11 heteroatoms. The number of halogens is 3. The highest BCUT2D eigenvalue weighted by Gasteiger charge is 2.33. The van der Waals surface area contributed by atoms with Crippen LogP contribution in [-0.4, -0.2) is 52.4 Å². The van der Waals surface area contributed by atoms with Crippen molar-refractivity contribution in [2.45, 2.75) is 25.4 Å². The summed E-state index contributed by atoms with van der Waals surface area (Å²) < 4.78 is 51.9. The summed E-state index contributed by atoms with van der Waals surface area (Å²) in [6.07, 6.45) is -0.196. The number of imidazole rings is 1. The first kappa shape index (κ1) is 22.2. The Morgan fingerprint density at radius 3 is 2.84 bits per heavy atom. The lowest BCUT2D eigenvalue weighted by Gasteiger charge is -2.24. The maximum Gasteiger partial charge on any atom is 0.281 e. The molecule has 1 fully saturated rings. The summed E-state index contributed by atoms with van der Waals surface area (Å²) in [4.78, 5) is 24.9. The van der Waals surface area contributed by atoms with Crippen LogP contribution in [0.4, 0.5) is 13.2 Å². The largest absolute Gasteiger partial charge is 0.383 e. The van der Waals surface area contributed by atoms with Crippen molar-refractivity contribution in [3.05, 3.63) is 53.6 Å². The molecule has 2 aromatic heterocycles. The molecule has 2 unspecified atom stereocenters. The van der Waals surface area contributed by atoms with Crippen molar-refractivity contribution in [2.75, 3.05) is 26.9 Å². The van der Waals surface area contributed by atoms with Crippen molar-refractivity contribution < 1.29 is 27.4 Å². The first-order valence-corrected chi connectivity index (χ1v) is 10.1. The van der Waals surface area contributed by atoms with Crippen molar-refractivity contribution in [1.82, 2.24) is 24.8 Å². The van der Waals surface area contributed by atoms with Gasteiger partial charge in [-0.2, -0.15) is 0 Å². The van der Waals surface area contributed by atoms with Crippen molar-refractivity contribution >= 4 is 16.9 Å². The van der Waals surface area contributed by atoms with Crippen LogP contribution in [0.2, 0.25) is 0 Å². The van der Waals surface area contributed by atoms with Gasteiger partial charge in [0.2, 0.25) is 0 Å². The Labute approximate surface area is 181 Å². The summed E-state index contributed by atoms with van der Waals surface area (Å²) in [5.74, 6) is -0.551. The molecule has 1 N–H and O–H groups in total. The lowest BCUT2D eigenvalue weighted by molar-refractivity contribution is 0.0903. The Kier molecular flexibility index (Phi) is 6.66. The number of hydrogen-bond donors (Lipinski definition) is 1. The van der Waals surface area contributed by atoms with Crippen LogP contribution in [0.25, 0.3) is 11.0 Å². The number of alkyl halides is 2. The average Bonchev–Trinajstić information content (AvgIpc) is 3.44. The highest BCUT2D eigenvalue weighted by atomic mass is 19.3. The lowest BCUT2D eigenvalue weighted by Crippen LogP contribution is -2.36. The van der Waals surface area contributed by atoms with Crippen molar-refractivity contribution in [3.8, 4) is 0 Å². The summed E-state index contributed by atoms with van der Waals surface area (Å²) in [5, 5.41) is 2.91. The molecule has 32 heavy (non-hydrogen) atoms. The third-order valence-electron chi connectivity index (χ3n) is 5.39. The van der Waals surface area contributed by atoms with Crippen LogP contribution in [0.5, 0.6) is 0 Å². The van der Waals surface area contributed by atoms with Gasteiger partial charge < -0.3 is 19.4 Å². The molecule has 0 spiro atoms. The zero-order chi connectivity index (χ0) is 22.7. The smallest absolute Gasteiger partial charge is 0.281 e. The van der Waals surface area contributed by atoms with E-state index in [4.69, 9.17) is 9.47 Å². The standard InChI is InChI=1S/C21H22F3N5O3/c1-31-7-5-29-17-3-2-13(22)8-14(17)27-20(29)18(12-4-6-32-11-12)28-21(30)16-10-25-15(9-26-16)19(23)24/h2-3,8-10,12,18-19H,4-7,11H2,1H3,(H,28,30). The van der Waals surface area contributed by atoms with Crippen LogP contribution in [0.3, 0.4) is 0 Å². The van der Waals surface area contributed by atoms with E-state index < -0.39 is 29.9 Å². The summed E-state index contributed by atoms with van der Waals surface area (Å²) in [5.41, 5.74) is 0.558. The number of carbonyl (C=O) groups is 1. The number of nitrogens with one attached hydrogen (secondary N) is 1. The van der Waals surface area contributed by atoms with E-state index in [1.165, 1.54) is 12.1 Å². The van der Waals surface area contributed by atoms with Gasteiger partial charge in [0.25, 0.3) is 12.3 Å². The Morgan fingerprint density at radius 1 is 1.34 bits per heavy atom. The van der Waals surface area contributed by atoms with Gasteiger partial charge in [-0.05, 0) is 18.6 Å². The number of hydrogen-bond acceptors (Lipinski definition) is 6. The van der Waals surface area contributed by atoms with Crippen LogP contribution in [0.15, 0.2) is 30.6 Å². The molecule has 1 saturated heterocycles. The molecule has 0 aliphatic carbocycles. The topological polar surface area (TPSA) is 91.2 Å². The minimum Gasteiger partial charge on any atom is -0.383 e. The molecule has 0 saturated carbocycles. The quantitative estimate of drug-likeness (QED) is 0.569. The van der Waals surface area contributed by atoms with Gasteiger partial charge in [-0.1, -0.05) is 0 Å². The van der Waals surface area contributed by atoms with Crippen LogP contribution in [-0.2, 0) is 16.0 Å². The maximum atomic E-state index is 13.8. The fourth-order valence-corrected chi connectivity index (χ4v) is 3.77. The summed E-state index contributed by atoms with van der Waals surface area (Å²) >= 11 is 0. The summed E-state index contributed by atoms with van der Waals surface area (Å²) in [7, 11) is 1.57. The fraction of sp³-hybridized carbons (Fsp3) is 0.429.